The van der Waals surface area contributed by atoms with Crippen molar-refractivity contribution in [1.82, 2.24) is 0 Å². The van der Waals surface area contributed by atoms with E-state index < -0.39 is 13.4 Å². The first-order valence-corrected chi connectivity index (χ1v) is 9.12. The average Bonchev–Trinajstić information content (AvgIpc) is 2.49. The van der Waals surface area contributed by atoms with E-state index >= 15 is 0 Å². The number of anilines is 1. The van der Waals surface area contributed by atoms with E-state index in [1.54, 1.807) is 13.8 Å². The van der Waals surface area contributed by atoms with E-state index in [-0.39, 0.29) is 0 Å². The molecule has 120 valence electrons. The van der Waals surface area contributed by atoms with Gasteiger partial charge < -0.3 is 19.7 Å². The van der Waals surface area contributed by atoms with Crippen molar-refractivity contribution in [2.75, 3.05) is 31.2 Å². The Morgan fingerprint density at radius 1 is 1.05 bits per heavy atom. The summed E-state index contributed by atoms with van der Waals surface area (Å²) in [6, 6.07) is 7.76. The van der Waals surface area contributed by atoms with Gasteiger partial charge in [-0.15, -0.1) is 0 Å². The van der Waals surface area contributed by atoms with E-state index in [1.165, 1.54) is 0 Å². The molecule has 6 heteroatoms. The third-order valence-corrected chi connectivity index (χ3v) is 5.54. The molecule has 1 aromatic rings. The summed E-state index contributed by atoms with van der Waals surface area (Å²) in [6.45, 7) is 10.3. The highest BCUT2D eigenvalue weighted by molar-refractivity contribution is 7.54. The number of rotatable bonds is 9. The van der Waals surface area contributed by atoms with Crippen LogP contribution in [0.3, 0.4) is 0 Å². The first-order chi connectivity index (χ1) is 10.0. The molecule has 5 nitrogen and oxygen atoms in total. The number of nitrogens with two attached hydrogens (primary N) is 1. The minimum absolute atomic E-state index is 0.308. The largest absolute Gasteiger partial charge is 0.372 e. The Morgan fingerprint density at radius 3 is 1.90 bits per heavy atom. The Bertz CT molecular complexity index is 450. The van der Waals surface area contributed by atoms with Crippen molar-refractivity contribution >= 4 is 13.3 Å². The predicted molar refractivity (Wildman–Crippen MR) is 87.8 cm³/mol. The van der Waals surface area contributed by atoms with Crippen molar-refractivity contribution < 1.29 is 13.6 Å². The van der Waals surface area contributed by atoms with Crippen LogP contribution in [0.25, 0.3) is 0 Å². The maximum absolute atomic E-state index is 12.7. The molecule has 0 unspecified atom stereocenters. The van der Waals surface area contributed by atoms with Crippen LogP contribution in [0, 0.1) is 0 Å². The fraction of sp³-hybridized carbons (Fsp3) is 0.600. The molecule has 1 atom stereocenters. The fourth-order valence-corrected chi connectivity index (χ4v) is 3.86. The van der Waals surface area contributed by atoms with E-state index in [0.717, 1.165) is 24.3 Å². The van der Waals surface area contributed by atoms with Gasteiger partial charge in [0.25, 0.3) is 0 Å². The second-order valence-corrected chi connectivity index (χ2v) is 6.74. The Labute approximate surface area is 128 Å². The lowest BCUT2D eigenvalue weighted by Gasteiger charge is -2.25. The van der Waals surface area contributed by atoms with Crippen LogP contribution in [0.4, 0.5) is 5.69 Å². The van der Waals surface area contributed by atoms with Gasteiger partial charge in [-0.25, -0.2) is 0 Å². The monoisotopic (exact) mass is 314 g/mol. The predicted octanol–water partition coefficient (Wildman–Crippen LogP) is 3.76. The van der Waals surface area contributed by atoms with Crippen LogP contribution in [-0.4, -0.2) is 26.3 Å². The highest BCUT2D eigenvalue weighted by Crippen LogP contribution is 2.58. The SMILES string of the molecule is CCOP(=O)(OCC)[C@@H](N)c1ccc(N(CC)CC)cc1. The Kier molecular flexibility index (Phi) is 7.40. The standard InChI is InChI=1S/C15H27N2O3P/c1-5-17(6-2)14-11-9-13(10-12-14)15(16)21(18,19-7-3)20-8-4/h9-12,15H,5-8,16H2,1-4H3/t15-/m1/s1. The maximum Gasteiger partial charge on any atom is 0.351 e. The third-order valence-electron chi connectivity index (χ3n) is 3.32. The molecule has 0 saturated heterocycles. The number of benzene rings is 1. The Morgan fingerprint density at radius 2 is 1.52 bits per heavy atom. The van der Waals surface area contributed by atoms with E-state index in [9.17, 15) is 4.57 Å². The second-order valence-electron chi connectivity index (χ2n) is 4.58. The first-order valence-electron chi connectivity index (χ1n) is 7.51. The normalized spacial score (nSPS) is 13.2. The molecule has 21 heavy (non-hydrogen) atoms. The zero-order chi connectivity index (χ0) is 15.9. The van der Waals surface area contributed by atoms with Gasteiger partial charge in [-0.1, -0.05) is 12.1 Å². The zero-order valence-corrected chi connectivity index (χ0v) is 14.3. The van der Waals surface area contributed by atoms with Crippen molar-refractivity contribution in [2.45, 2.75) is 33.5 Å². The average molecular weight is 314 g/mol. The fourth-order valence-electron chi connectivity index (χ4n) is 2.21. The third kappa shape index (κ3) is 4.55. The molecule has 0 aromatic heterocycles. The molecule has 0 amide bonds. The van der Waals surface area contributed by atoms with Gasteiger partial charge >= 0.3 is 7.60 Å². The molecule has 0 bridgehead atoms. The van der Waals surface area contributed by atoms with Gasteiger partial charge in [0.05, 0.1) is 13.2 Å². The van der Waals surface area contributed by atoms with Crippen LogP contribution in [0.2, 0.25) is 0 Å². The summed E-state index contributed by atoms with van der Waals surface area (Å²) >= 11 is 0. The molecule has 1 aromatic carbocycles. The van der Waals surface area contributed by atoms with Gasteiger partial charge in [-0.05, 0) is 45.4 Å². The lowest BCUT2D eigenvalue weighted by Crippen LogP contribution is -2.22. The van der Waals surface area contributed by atoms with Crippen molar-refractivity contribution in [3.8, 4) is 0 Å². The second kappa shape index (κ2) is 8.54. The highest BCUT2D eigenvalue weighted by Gasteiger charge is 2.33. The van der Waals surface area contributed by atoms with Gasteiger partial charge in [0, 0.05) is 18.8 Å². The number of nitrogens with zero attached hydrogens (tertiary/aromatic N) is 1. The first kappa shape index (κ1) is 18.2. The minimum Gasteiger partial charge on any atom is -0.372 e. The lowest BCUT2D eigenvalue weighted by atomic mass is 10.2. The van der Waals surface area contributed by atoms with Gasteiger partial charge in [0.2, 0.25) is 0 Å². The van der Waals surface area contributed by atoms with Crippen LogP contribution >= 0.6 is 7.60 Å². The summed E-state index contributed by atoms with van der Waals surface area (Å²) in [5.41, 5.74) is 7.99. The molecule has 0 fully saturated rings. The molecule has 2 N–H and O–H groups in total. The van der Waals surface area contributed by atoms with Crippen LogP contribution in [0.1, 0.15) is 39.0 Å². The molecule has 0 aliphatic carbocycles. The van der Waals surface area contributed by atoms with E-state index in [1.807, 2.05) is 24.3 Å². The van der Waals surface area contributed by atoms with Crippen LogP contribution in [0.5, 0.6) is 0 Å². The summed E-state index contributed by atoms with van der Waals surface area (Å²) < 4.78 is 23.3. The van der Waals surface area contributed by atoms with Crippen molar-refractivity contribution in [2.24, 2.45) is 5.73 Å². The maximum atomic E-state index is 12.7. The Hall–Kier alpha value is -0.870. The van der Waals surface area contributed by atoms with Gasteiger partial charge in [0.1, 0.15) is 5.78 Å². The lowest BCUT2D eigenvalue weighted by molar-refractivity contribution is 0.212. The molecule has 0 aliphatic heterocycles. The van der Waals surface area contributed by atoms with Gasteiger partial charge in [-0.2, -0.15) is 0 Å². The van der Waals surface area contributed by atoms with Crippen molar-refractivity contribution in [1.29, 1.82) is 0 Å². The van der Waals surface area contributed by atoms with Crippen molar-refractivity contribution in [3.05, 3.63) is 29.8 Å². The van der Waals surface area contributed by atoms with Gasteiger partial charge in [-0.3, -0.25) is 4.57 Å². The summed E-state index contributed by atoms with van der Waals surface area (Å²) in [5, 5.41) is 0. The van der Waals surface area contributed by atoms with Crippen molar-refractivity contribution in [3.63, 3.8) is 0 Å². The number of hydrogen-bond donors (Lipinski definition) is 1. The zero-order valence-electron chi connectivity index (χ0n) is 13.4. The summed E-state index contributed by atoms with van der Waals surface area (Å²) in [5.74, 6) is -0.761. The molecule has 1 rings (SSSR count). The molecule has 0 aliphatic rings. The molecule has 0 saturated carbocycles. The number of hydrogen-bond acceptors (Lipinski definition) is 5. The van der Waals surface area contributed by atoms with Crippen LogP contribution < -0.4 is 10.6 Å². The van der Waals surface area contributed by atoms with Crippen LogP contribution in [0.15, 0.2) is 24.3 Å². The highest BCUT2D eigenvalue weighted by atomic mass is 31.2. The molecule has 0 radical (unpaired) electrons. The van der Waals surface area contributed by atoms with Gasteiger partial charge in [0.15, 0.2) is 0 Å². The van der Waals surface area contributed by atoms with E-state index in [0.29, 0.717) is 13.2 Å². The Balaban J connectivity index is 2.96. The summed E-state index contributed by atoms with van der Waals surface area (Å²) in [6.07, 6.45) is 0. The summed E-state index contributed by atoms with van der Waals surface area (Å²) in [7, 11) is -3.32. The van der Waals surface area contributed by atoms with Crippen LogP contribution in [-0.2, 0) is 13.6 Å². The quantitative estimate of drug-likeness (QED) is 0.703. The van der Waals surface area contributed by atoms with E-state index in [4.69, 9.17) is 14.8 Å². The summed E-state index contributed by atoms with van der Waals surface area (Å²) in [4.78, 5) is 2.24. The molecular weight excluding hydrogens is 287 g/mol. The topological polar surface area (TPSA) is 64.8 Å². The molecule has 0 spiro atoms. The van der Waals surface area contributed by atoms with E-state index in [2.05, 4.69) is 18.7 Å². The molecular formula is C15H27N2O3P. The minimum atomic E-state index is -3.32. The molecule has 0 heterocycles. The smallest absolute Gasteiger partial charge is 0.351 e.